The molecule has 0 saturated heterocycles. The molecule has 1 amide bonds. The van der Waals surface area contributed by atoms with E-state index >= 15 is 0 Å². The van der Waals surface area contributed by atoms with Gasteiger partial charge in [-0.15, -0.1) is 11.3 Å². The lowest BCUT2D eigenvalue weighted by Crippen LogP contribution is -2.33. The number of methoxy groups -OCH3 is 1. The fourth-order valence-electron chi connectivity index (χ4n) is 4.83. The zero-order valence-electron chi connectivity index (χ0n) is 20.9. The zero-order chi connectivity index (χ0) is 24.0. The van der Waals surface area contributed by atoms with Gasteiger partial charge in [-0.1, -0.05) is 45.9 Å². The normalized spacial score (nSPS) is 16.2. The first-order chi connectivity index (χ1) is 15.5. The van der Waals surface area contributed by atoms with Crippen molar-refractivity contribution in [2.45, 2.75) is 71.8 Å². The van der Waals surface area contributed by atoms with Gasteiger partial charge in [0.05, 0.1) is 12.0 Å². The maximum absolute atomic E-state index is 12.9. The molecule has 174 valence electrons. The van der Waals surface area contributed by atoms with Gasteiger partial charge in [-0.2, -0.15) is 0 Å². The van der Waals surface area contributed by atoms with Crippen LogP contribution in [0.5, 0.6) is 5.75 Å². The summed E-state index contributed by atoms with van der Waals surface area (Å²) in [5.41, 5.74) is 7.72. The molecule has 3 aromatic rings. The van der Waals surface area contributed by atoms with Crippen molar-refractivity contribution in [3.63, 3.8) is 0 Å². The van der Waals surface area contributed by atoms with Gasteiger partial charge in [0, 0.05) is 17.0 Å². The van der Waals surface area contributed by atoms with Crippen LogP contribution in [0.2, 0.25) is 0 Å². The van der Waals surface area contributed by atoms with Gasteiger partial charge in [0.2, 0.25) is 0 Å². The van der Waals surface area contributed by atoms with Crippen molar-refractivity contribution in [1.29, 1.82) is 0 Å². The molecule has 1 aliphatic rings. The predicted octanol–water partition coefficient (Wildman–Crippen LogP) is 7.32. The summed E-state index contributed by atoms with van der Waals surface area (Å²) in [4.78, 5) is 14.7. The molecule has 0 bridgehead atoms. The van der Waals surface area contributed by atoms with E-state index in [4.69, 9.17) is 4.74 Å². The van der Waals surface area contributed by atoms with Gasteiger partial charge in [0.15, 0.2) is 0 Å². The molecule has 1 N–H and O–H groups in total. The third-order valence-corrected chi connectivity index (χ3v) is 8.54. The molecule has 2 aromatic carbocycles. The number of carbonyl (C=O) groups is 1. The van der Waals surface area contributed by atoms with E-state index in [1.807, 2.05) is 18.2 Å². The van der Waals surface area contributed by atoms with Crippen molar-refractivity contribution in [1.82, 2.24) is 5.32 Å². The van der Waals surface area contributed by atoms with E-state index in [0.29, 0.717) is 6.54 Å². The van der Waals surface area contributed by atoms with Crippen molar-refractivity contribution in [2.24, 2.45) is 0 Å². The lowest BCUT2D eigenvalue weighted by molar-refractivity contribution is 0.0955. The van der Waals surface area contributed by atoms with E-state index in [1.165, 1.54) is 40.0 Å². The lowest BCUT2D eigenvalue weighted by atomic mass is 9.63. The molecule has 4 heteroatoms. The third-order valence-electron chi connectivity index (χ3n) is 7.42. The highest BCUT2D eigenvalue weighted by Gasteiger charge is 2.38. The fourth-order valence-corrected chi connectivity index (χ4v) is 5.77. The van der Waals surface area contributed by atoms with Crippen LogP contribution in [0.15, 0.2) is 42.5 Å². The molecule has 3 nitrogen and oxygen atoms in total. The summed E-state index contributed by atoms with van der Waals surface area (Å²) in [6, 6.07) is 14.7. The molecule has 0 saturated carbocycles. The molecular weight excluding hydrogens is 426 g/mol. The Bertz CT molecular complexity index is 1200. The molecule has 0 atom stereocenters. The van der Waals surface area contributed by atoms with Gasteiger partial charge in [-0.05, 0) is 89.6 Å². The monoisotopic (exact) mass is 461 g/mol. The van der Waals surface area contributed by atoms with E-state index in [-0.39, 0.29) is 16.7 Å². The molecule has 1 aromatic heterocycles. The highest BCUT2D eigenvalue weighted by molar-refractivity contribution is 7.17. The first-order valence-corrected chi connectivity index (χ1v) is 12.5. The van der Waals surface area contributed by atoms with Crippen LogP contribution in [0.4, 0.5) is 0 Å². The Morgan fingerprint density at radius 1 is 1.00 bits per heavy atom. The molecule has 0 radical (unpaired) electrons. The minimum absolute atomic E-state index is 0.0365. The maximum Gasteiger partial charge on any atom is 0.261 e. The van der Waals surface area contributed by atoms with Gasteiger partial charge in [-0.25, -0.2) is 0 Å². The second kappa shape index (κ2) is 8.64. The lowest BCUT2D eigenvalue weighted by Gasteiger charge is -2.42. The highest BCUT2D eigenvalue weighted by atomic mass is 32.1. The average Bonchev–Trinajstić information content (AvgIpc) is 3.27. The fraction of sp³-hybridized carbons (Fsp3) is 0.414. The summed E-state index contributed by atoms with van der Waals surface area (Å²) in [7, 11) is 1.73. The number of hydrogen-bond acceptors (Lipinski definition) is 3. The number of aryl methyl sites for hydroxylation is 1. The van der Waals surface area contributed by atoms with Gasteiger partial charge in [0.25, 0.3) is 5.91 Å². The second-order valence-electron chi connectivity index (χ2n) is 10.6. The van der Waals surface area contributed by atoms with E-state index in [9.17, 15) is 4.79 Å². The van der Waals surface area contributed by atoms with Crippen LogP contribution in [0.3, 0.4) is 0 Å². The first kappa shape index (κ1) is 23.6. The number of rotatable bonds is 5. The second-order valence-corrected chi connectivity index (χ2v) is 11.7. The van der Waals surface area contributed by atoms with Crippen LogP contribution < -0.4 is 10.1 Å². The molecule has 0 spiro atoms. The average molecular weight is 462 g/mol. The van der Waals surface area contributed by atoms with Crippen LogP contribution in [0.1, 0.15) is 78.0 Å². The quantitative estimate of drug-likeness (QED) is 0.432. The molecule has 0 unspecified atom stereocenters. The summed E-state index contributed by atoms with van der Waals surface area (Å²) < 4.78 is 5.83. The minimum atomic E-state index is -0.0365. The number of amides is 1. The molecule has 33 heavy (non-hydrogen) atoms. The van der Waals surface area contributed by atoms with Crippen LogP contribution in [-0.4, -0.2) is 13.0 Å². The summed E-state index contributed by atoms with van der Waals surface area (Å²) in [6.07, 6.45) is 2.33. The third kappa shape index (κ3) is 4.46. The standard InChI is InChI=1S/C29H35NO2S/c1-18-9-8-10-20(19(18)2)17-30-27(31)26-12-11-25(33-26)21-15-22-23(16-24(21)32-7)29(5,6)14-13-28(22,3)4/h8-12,15-16H,13-14,17H2,1-7H3,(H,30,31). The van der Waals surface area contributed by atoms with Crippen LogP contribution in [0.25, 0.3) is 10.4 Å². The molecule has 4 rings (SSSR count). The highest BCUT2D eigenvalue weighted by Crippen LogP contribution is 2.49. The Labute approximate surface area is 202 Å². The molecule has 0 fully saturated rings. The summed E-state index contributed by atoms with van der Waals surface area (Å²) in [5, 5.41) is 3.09. The number of hydrogen-bond donors (Lipinski definition) is 1. The summed E-state index contributed by atoms with van der Waals surface area (Å²) in [6.45, 7) is 14.0. The molecular formula is C29H35NO2S. The van der Waals surface area contributed by atoms with E-state index in [2.05, 4.69) is 71.1 Å². The van der Waals surface area contributed by atoms with Crippen LogP contribution >= 0.6 is 11.3 Å². The number of thiophene rings is 1. The van der Waals surface area contributed by atoms with Crippen molar-refractivity contribution < 1.29 is 9.53 Å². The number of benzene rings is 2. The zero-order valence-corrected chi connectivity index (χ0v) is 21.7. The summed E-state index contributed by atoms with van der Waals surface area (Å²) in [5.74, 6) is 0.842. The first-order valence-electron chi connectivity index (χ1n) is 11.7. The van der Waals surface area contributed by atoms with E-state index in [1.54, 1.807) is 7.11 Å². The van der Waals surface area contributed by atoms with Gasteiger partial charge in [-0.3, -0.25) is 4.79 Å². The van der Waals surface area contributed by atoms with E-state index < -0.39 is 0 Å². The van der Waals surface area contributed by atoms with Crippen molar-refractivity contribution in [2.75, 3.05) is 7.11 Å². The predicted molar refractivity (Wildman–Crippen MR) is 139 cm³/mol. The van der Waals surface area contributed by atoms with Gasteiger partial charge in [0.1, 0.15) is 5.75 Å². The van der Waals surface area contributed by atoms with Crippen LogP contribution in [-0.2, 0) is 17.4 Å². The van der Waals surface area contributed by atoms with Crippen molar-refractivity contribution in [3.05, 3.63) is 75.2 Å². The van der Waals surface area contributed by atoms with E-state index in [0.717, 1.165) is 33.1 Å². The Balaban J connectivity index is 1.63. The number of nitrogens with one attached hydrogen (secondary N) is 1. The SMILES string of the molecule is COc1cc2c(cc1-c1ccc(C(=O)NCc3cccc(C)c3C)s1)C(C)(C)CCC2(C)C. The minimum Gasteiger partial charge on any atom is -0.496 e. The number of carbonyl (C=O) groups excluding carboxylic acids is 1. The number of fused-ring (bicyclic) bond motifs is 1. The largest absolute Gasteiger partial charge is 0.496 e. The summed E-state index contributed by atoms with van der Waals surface area (Å²) >= 11 is 1.52. The van der Waals surface area contributed by atoms with Crippen molar-refractivity contribution >= 4 is 17.2 Å². The Kier molecular flexibility index (Phi) is 6.17. The van der Waals surface area contributed by atoms with Gasteiger partial charge < -0.3 is 10.1 Å². The molecule has 1 aliphatic carbocycles. The van der Waals surface area contributed by atoms with Crippen LogP contribution in [0, 0.1) is 13.8 Å². The Morgan fingerprint density at radius 2 is 1.67 bits per heavy atom. The Hall–Kier alpha value is -2.59. The topological polar surface area (TPSA) is 38.3 Å². The number of ether oxygens (including phenoxy) is 1. The Morgan fingerprint density at radius 3 is 2.33 bits per heavy atom. The van der Waals surface area contributed by atoms with Gasteiger partial charge >= 0.3 is 0 Å². The smallest absolute Gasteiger partial charge is 0.261 e. The van der Waals surface area contributed by atoms with Crippen molar-refractivity contribution in [3.8, 4) is 16.2 Å². The maximum atomic E-state index is 12.9. The molecule has 0 aliphatic heterocycles. The molecule has 1 heterocycles.